The summed E-state index contributed by atoms with van der Waals surface area (Å²) in [4.78, 5) is 2.50. The first-order chi connectivity index (χ1) is 8.35. The molecule has 0 radical (unpaired) electrons. The van der Waals surface area contributed by atoms with E-state index in [1.54, 1.807) is 7.11 Å². The maximum absolute atomic E-state index is 5.60. The molecule has 0 aliphatic carbocycles. The zero-order valence-electron chi connectivity index (χ0n) is 10.7. The third-order valence-corrected chi connectivity index (χ3v) is 3.23. The Morgan fingerprint density at radius 2 is 2.35 bits per heavy atom. The largest absolute Gasteiger partial charge is 0.497 e. The predicted octanol–water partition coefficient (Wildman–Crippen LogP) is 2.48. The van der Waals surface area contributed by atoms with E-state index in [-0.39, 0.29) is 0 Å². The van der Waals surface area contributed by atoms with Crippen molar-refractivity contribution in [1.82, 2.24) is 4.90 Å². The summed E-state index contributed by atoms with van der Waals surface area (Å²) >= 11 is 0. The van der Waals surface area contributed by atoms with Gasteiger partial charge in [-0.2, -0.15) is 0 Å². The van der Waals surface area contributed by atoms with Crippen LogP contribution < -0.4 is 4.74 Å². The molecule has 1 fully saturated rings. The molecule has 1 aliphatic rings. The fraction of sp³-hybridized carbons (Fsp3) is 0.571. The standard InChI is InChI=1S/C14H21NO2/c1-3-7-15-8-9-17-11-14(15)12-5-4-6-13(10-12)16-2/h4-6,10,14H,3,7-9,11H2,1-2H3. The fourth-order valence-electron chi connectivity index (χ4n) is 2.35. The molecule has 1 aromatic rings. The molecule has 0 N–H and O–H groups in total. The van der Waals surface area contributed by atoms with Crippen molar-refractivity contribution < 1.29 is 9.47 Å². The first kappa shape index (κ1) is 12.4. The number of morpholine rings is 1. The first-order valence-electron chi connectivity index (χ1n) is 6.31. The maximum atomic E-state index is 5.60. The van der Waals surface area contributed by atoms with E-state index in [9.17, 15) is 0 Å². The molecule has 1 atom stereocenters. The highest BCUT2D eigenvalue weighted by Crippen LogP contribution is 2.26. The van der Waals surface area contributed by atoms with Gasteiger partial charge in [-0.25, -0.2) is 0 Å². The number of hydrogen-bond acceptors (Lipinski definition) is 3. The number of methoxy groups -OCH3 is 1. The van der Waals surface area contributed by atoms with Gasteiger partial charge in [0.1, 0.15) is 5.75 Å². The molecule has 1 aliphatic heterocycles. The van der Waals surface area contributed by atoms with Gasteiger partial charge >= 0.3 is 0 Å². The molecule has 3 heteroatoms. The van der Waals surface area contributed by atoms with Gasteiger partial charge in [0.25, 0.3) is 0 Å². The zero-order chi connectivity index (χ0) is 12.1. The second-order valence-corrected chi connectivity index (χ2v) is 4.40. The van der Waals surface area contributed by atoms with Crippen LogP contribution in [0.4, 0.5) is 0 Å². The van der Waals surface area contributed by atoms with Crippen LogP contribution in [0, 0.1) is 0 Å². The van der Waals surface area contributed by atoms with Gasteiger partial charge in [-0.15, -0.1) is 0 Å². The molecule has 1 heterocycles. The SMILES string of the molecule is CCCN1CCOCC1c1cccc(OC)c1. The average molecular weight is 235 g/mol. The molecule has 0 saturated carbocycles. The summed E-state index contributed by atoms with van der Waals surface area (Å²) in [6.07, 6.45) is 1.18. The lowest BCUT2D eigenvalue weighted by Crippen LogP contribution is -2.39. The third kappa shape index (κ3) is 2.99. The van der Waals surface area contributed by atoms with E-state index in [4.69, 9.17) is 9.47 Å². The molecule has 1 unspecified atom stereocenters. The van der Waals surface area contributed by atoms with Gasteiger partial charge in [-0.1, -0.05) is 19.1 Å². The molecule has 94 valence electrons. The van der Waals surface area contributed by atoms with Crippen molar-refractivity contribution >= 4 is 0 Å². The lowest BCUT2D eigenvalue weighted by atomic mass is 10.0. The Labute approximate surface area is 103 Å². The van der Waals surface area contributed by atoms with Crippen LogP contribution in [0.15, 0.2) is 24.3 Å². The van der Waals surface area contributed by atoms with Crippen molar-refractivity contribution in [3.8, 4) is 5.75 Å². The van der Waals surface area contributed by atoms with E-state index in [0.29, 0.717) is 6.04 Å². The second-order valence-electron chi connectivity index (χ2n) is 4.40. The number of rotatable bonds is 4. The highest BCUT2D eigenvalue weighted by Gasteiger charge is 2.23. The van der Waals surface area contributed by atoms with E-state index in [2.05, 4.69) is 24.0 Å². The van der Waals surface area contributed by atoms with E-state index in [1.165, 1.54) is 12.0 Å². The molecule has 0 aromatic heterocycles. The van der Waals surface area contributed by atoms with E-state index in [0.717, 1.165) is 32.1 Å². The summed E-state index contributed by atoms with van der Waals surface area (Å²) in [5.41, 5.74) is 1.29. The summed E-state index contributed by atoms with van der Waals surface area (Å²) in [5, 5.41) is 0. The molecular formula is C14H21NO2. The quantitative estimate of drug-likeness (QED) is 0.800. The summed E-state index contributed by atoms with van der Waals surface area (Å²) in [6.45, 7) is 6.01. The smallest absolute Gasteiger partial charge is 0.119 e. The van der Waals surface area contributed by atoms with Crippen molar-refractivity contribution in [2.45, 2.75) is 19.4 Å². The highest BCUT2D eigenvalue weighted by molar-refractivity contribution is 5.30. The van der Waals surface area contributed by atoms with Crippen molar-refractivity contribution in [3.05, 3.63) is 29.8 Å². The number of benzene rings is 1. The van der Waals surface area contributed by atoms with Gasteiger partial charge in [0.2, 0.25) is 0 Å². The molecule has 1 saturated heterocycles. The Hall–Kier alpha value is -1.06. The van der Waals surface area contributed by atoms with E-state index in [1.807, 2.05) is 12.1 Å². The zero-order valence-corrected chi connectivity index (χ0v) is 10.7. The molecule has 17 heavy (non-hydrogen) atoms. The first-order valence-corrected chi connectivity index (χ1v) is 6.31. The maximum Gasteiger partial charge on any atom is 0.119 e. The highest BCUT2D eigenvalue weighted by atomic mass is 16.5. The van der Waals surface area contributed by atoms with Crippen LogP contribution in [-0.2, 0) is 4.74 Å². The fourth-order valence-corrected chi connectivity index (χ4v) is 2.35. The Kier molecular flexibility index (Phi) is 4.40. The van der Waals surface area contributed by atoms with E-state index >= 15 is 0 Å². The predicted molar refractivity (Wildman–Crippen MR) is 68.4 cm³/mol. The number of nitrogens with zero attached hydrogens (tertiary/aromatic N) is 1. The van der Waals surface area contributed by atoms with Crippen molar-refractivity contribution in [3.63, 3.8) is 0 Å². The van der Waals surface area contributed by atoms with Gasteiger partial charge in [-0.3, -0.25) is 4.90 Å². The average Bonchev–Trinajstić information content (AvgIpc) is 2.40. The topological polar surface area (TPSA) is 21.7 Å². The Morgan fingerprint density at radius 1 is 1.47 bits per heavy atom. The van der Waals surface area contributed by atoms with E-state index < -0.39 is 0 Å². The van der Waals surface area contributed by atoms with Crippen LogP contribution in [0.3, 0.4) is 0 Å². The van der Waals surface area contributed by atoms with Crippen LogP contribution >= 0.6 is 0 Å². The Bertz CT molecular complexity index is 352. The molecule has 1 aromatic carbocycles. The molecule has 0 amide bonds. The minimum Gasteiger partial charge on any atom is -0.497 e. The van der Waals surface area contributed by atoms with Crippen molar-refractivity contribution in [2.75, 3.05) is 33.4 Å². The normalized spacial score (nSPS) is 21.4. The Morgan fingerprint density at radius 3 is 3.12 bits per heavy atom. The lowest BCUT2D eigenvalue weighted by Gasteiger charge is -2.35. The lowest BCUT2D eigenvalue weighted by molar-refractivity contribution is -0.00835. The molecule has 3 nitrogen and oxygen atoms in total. The third-order valence-electron chi connectivity index (χ3n) is 3.23. The monoisotopic (exact) mass is 235 g/mol. The van der Waals surface area contributed by atoms with Crippen LogP contribution in [0.25, 0.3) is 0 Å². The van der Waals surface area contributed by atoms with Crippen LogP contribution in [0.2, 0.25) is 0 Å². The number of ether oxygens (including phenoxy) is 2. The van der Waals surface area contributed by atoms with Crippen molar-refractivity contribution in [2.24, 2.45) is 0 Å². The van der Waals surface area contributed by atoms with Gasteiger partial charge < -0.3 is 9.47 Å². The van der Waals surface area contributed by atoms with Crippen LogP contribution in [0.5, 0.6) is 5.75 Å². The van der Waals surface area contributed by atoms with Gasteiger partial charge in [-0.05, 0) is 30.7 Å². The molecular weight excluding hydrogens is 214 g/mol. The molecule has 0 spiro atoms. The van der Waals surface area contributed by atoms with Crippen molar-refractivity contribution in [1.29, 1.82) is 0 Å². The summed E-state index contributed by atoms with van der Waals surface area (Å²) in [6, 6.07) is 8.68. The number of hydrogen-bond donors (Lipinski definition) is 0. The second kappa shape index (κ2) is 6.03. The summed E-state index contributed by atoms with van der Waals surface area (Å²) in [5.74, 6) is 0.921. The van der Waals surface area contributed by atoms with Gasteiger partial charge in [0.05, 0.1) is 26.4 Å². The minimum atomic E-state index is 0.374. The Balaban J connectivity index is 2.16. The molecule has 2 rings (SSSR count). The minimum absolute atomic E-state index is 0.374. The van der Waals surface area contributed by atoms with Gasteiger partial charge in [0, 0.05) is 6.54 Å². The van der Waals surface area contributed by atoms with Gasteiger partial charge in [0.15, 0.2) is 0 Å². The van der Waals surface area contributed by atoms with Crippen LogP contribution in [0.1, 0.15) is 24.9 Å². The van der Waals surface area contributed by atoms with Crippen LogP contribution in [-0.4, -0.2) is 38.3 Å². The summed E-state index contributed by atoms with van der Waals surface area (Å²) < 4.78 is 10.9. The summed E-state index contributed by atoms with van der Waals surface area (Å²) in [7, 11) is 1.71. The molecule has 0 bridgehead atoms.